The summed E-state index contributed by atoms with van der Waals surface area (Å²) in [6, 6.07) is 4.92. The molecule has 0 radical (unpaired) electrons. The number of H-pyrrole nitrogens is 2. The maximum Gasteiger partial charge on any atom is 0.336 e. The van der Waals surface area contributed by atoms with Crippen molar-refractivity contribution in [3.05, 3.63) is 36.2 Å². The Bertz CT molecular complexity index is 705. The Morgan fingerprint density at radius 3 is 2.32 bits per heavy atom. The molecule has 3 rings (SSSR count). The summed E-state index contributed by atoms with van der Waals surface area (Å²) < 4.78 is 0. The highest BCUT2D eigenvalue weighted by Crippen LogP contribution is 2.32. The van der Waals surface area contributed by atoms with Crippen molar-refractivity contribution in [3.63, 3.8) is 0 Å². The van der Waals surface area contributed by atoms with Crippen LogP contribution in [0, 0.1) is 0 Å². The van der Waals surface area contributed by atoms with E-state index < -0.39 is 5.97 Å². The third kappa shape index (κ3) is 1.84. The first-order valence-electron chi connectivity index (χ1n) is 5.37. The van der Waals surface area contributed by atoms with Crippen molar-refractivity contribution in [2.75, 3.05) is 0 Å². The quantitative estimate of drug-likeness (QED) is 0.641. The molecular weight excluding hydrogens is 248 g/mol. The summed E-state index contributed by atoms with van der Waals surface area (Å²) in [4.78, 5) is 11.3. The van der Waals surface area contributed by atoms with Gasteiger partial charge in [-0.05, 0) is 6.07 Å². The molecule has 0 bridgehead atoms. The van der Waals surface area contributed by atoms with Crippen molar-refractivity contribution in [1.82, 2.24) is 30.8 Å². The number of hydrogen-bond donors (Lipinski definition) is 3. The van der Waals surface area contributed by atoms with E-state index >= 15 is 0 Å². The van der Waals surface area contributed by atoms with Crippen LogP contribution >= 0.6 is 0 Å². The van der Waals surface area contributed by atoms with E-state index in [-0.39, 0.29) is 5.56 Å². The lowest BCUT2D eigenvalue weighted by atomic mass is 9.97. The van der Waals surface area contributed by atoms with Crippen molar-refractivity contribution < 1.29 is 9.90 Å². The minimum atomic E-state index is -1.04. The molecule has 2 aromatic heterocycles. The van der Waals surface area contributed by atoms with Gasteiger partial charge in [0.15, 0.2) is 0 Å². The van der Waals surface area contributed by atoms with Crippen LogP contribution in [0.1, 0.15) is 10.4 Å². The van der Waals surface area contributed by atoms with E-state index in [2.05, 4.69) is 30.8 Å². The zero-order valence-corrected chi connectivity index (χ0v) is 9.53. The number of carboxylic acid groups (broad SMARTS) is 1. The van der Waals surface area contributed by atoms with Crippen molar-refractivity contribution >= 4 is 5.97 Å². The van der Waals surface area contributed by atoms with Gasteiger partial charge in [-0.3, -0.25) is 10.2 Å². The summed E-state index contributed by atoms with van der Waals surface area (Å²) in [6.45, 7) is 0. The second kappa shape index (κ2) is 4.33. The molecular formula is C11H8N6O2. The highest BCUT2D eigenvalue weighted by atomic mass is 16.4. The SMILES string of the molecule is O=C(O)c1cccc(-c2c[nH]nn2)c1-c1c[nH]nn1. The summed E-state index contributed by atoms with van der Waals surface area (Å²) in [6.07, 6.45) is 3.12. The average Bonchev–Trinajstić information content (AvgIpc) is 3.11. The first-order chi connectivity index (χ1) is 9.27. The topological polar surface area (TPSA) is 120 Å². The molecule has 1 aromatic carbocycles. The lowest BCUT2D eigenvalue weighted by molar-refractivity contribution is 0.0697. The minimum Gasteiger partial charge on any atom is -0.478 e. The molecule has 0 aliphatic rings. The standard InChI is InChI=1S/C11H8N6O2/c18-11(19)7-3-1-2-6(8-4-12-16-14-8)10(7)9-5-13-17-15-9/h1-5H,(H,18,19)(H,12,14,16)(H,13,15,17). The number of nitrogens with one attached hydrogen (secondary N) is 2. The molecule has 8 nitrogen and oxygen atoms in total. The van der Waals surface area contributed by atoms with E-state index in [0.29, 0.717) is 22.5 Å². The van der Waals surface area contributed by atoms with Crippen LogP contribution in [0.25, 0.3) is 22.5 Å². The van der Waals surface area contributed by atoms with E-state index in [0.717, 1.165) is 0 Å². The van der Waals surface area contributed by atoms with Crippen molar-refractivity contribution in [3.8, 4) is 22.5 Å². The third-order valence-electron chi connectivity index (χ3n) is 2.66. The van der Waals surface area contributed by atoms with Crippen LogP contribution in [0.5, 0.6) is 0 Å². The molecule has 0 saturated heterocycles. The second-order valence-corrected chi connectivity index (χ2v) is 3.75. The molecule has 0 fully saturated rings. The van der Waals surface area contributed by atoms with Gasteiger partial charge in [-0.1, -0.05) is 22.6 Å². The zero-order chi connectivity index (χ0) is 13.2. The highest BCUT2D eigenvalue weighted by molar-refractivity contribution is 6.00. The maximum absolute atomic E-state index is 11.3. The van der Waals surface area contributed by atoms with Gasteiger partial charge in [0, 0.05) is 11.1 Å². The molecule has 0 spiro atoms. The number of aromatic carboxylic acids is 1. The molecule has 0 unspecified atom stereocenters. The molecule has 0 aliphatic carbocycles. The molecule has 0 atom stereocenters. The smallest absolute Gasteiger partial charge is 0.336 e. The van der Waals surface area contributed by atoms with E-state index in [1.165, 1.54) is 12.3 Å². The fourth-order valence-electron chi connectivity index (χ4n) is 1.88. The minimum absolute atomic E-state index is 0.134. The first kappa shape index (κ1) is 11.1. The molecule has 3 N–H and O–H groups in total. The summed E-state index contributed by atoms with van der Waals surface area (Å²) in [5.74, 6) is -1.04. The number of nitrogens with zero attached hydrogens (tertiary/aromatic N) is 4. The summed E-state index contributed by atoms with van der Waals surface area (Å²) >= 11 is 0. The van der Waals surface area contributed by atoms with Crippen LogP contribution in [0.15, 0.2) is 30.6 Å². The van der Waals surface area contributed by atoms with E-state index in [1.807, 2.05) is 0 Å². The lowest BCUT2D eigenvalue weighted by Crippen LogP contribution is -2.01. The Morgan fingerprint density at radius 1 is 1.05 bits per heavy atom. The van der Waals surface area contributed by atoms with E-state index in [4.69, 9.17) is 0 Å². The average molecular weight is 256 g/mol. The fraction of sp³-hybridized carbons (Fsp3) is 0. The van der Waals surface area contributed by atoms with Gasteiger partial charge in [-0.2, -0.15) is 0 Å². The van der Waals surface area contributed by atoms with Gasteiger partial charge in [0.25, 0.3) is 0 Å². The van der Waals surface area contributed by atoms with E-state index in [9.17, 15) is 9.90 Å². The molecule has 94 valence electrons. The molecule has 0 amide bonds. The largest absolute Gasteiger partial charge is 0.478 e. The van der Waals surface area contributed by atoms with Crippen LogP contribution in [0.3, 0.4) is 0 Å². The van der Waals surface area contributed by atoms with E-state index in [1.54, 1.807) is 18.3 Å². The van der Waals surface area contributed by atoms with Gasteiger partial charge in [-0.25, -0.2) is 4.79 Å². The van der Waals surface area contributed by atoms with Gasteiger partial charge in [0.1, 0.15) is 11.4 Å². The van der Waals surface area contributed by atoms with Crippen LogP contribution < -0.4 is 0 Å². The normalized spacial score (nSPS) is 10.5. The van der Waals surface area contributed by atoms with Gasteiger partial charge >= 0.3 is 5.97 Å². The molecule has 2 heterocycles. The van der Waals surface area contributed by atoms with Crippen molar-refractivity contribution in [2.45, 2.75) is 0 Å². The van der Waals surface area contributed by atoms with Gasteiger partial charge in [-0.15, -0.1) is 10.2 Å². The molecule has 3 aromatic rings. The third-order valence-corrected chi connectivity index (χ3v) is 2.66. The number of benzene rings is 1. The van der Waals surface area contributed by atoms with Gasteiger partial charge in [0.05, 0.1) is 18.0 Å². The molecule has 0 aliphatic heterocycles. The second-order valence-electron chi connectivity index (χ2n) is 3.75. The van der Waals surface area contributed by atoms with Crippen molar-refractivity contribution in [1.29, 1.82) is 0 Å². The summed E-state index contributed by atoms with van der Waals surface area (Å²) in [5, 5.41) is 29.5. The lowest BCUT2D eigenvalue weighted by Gasteiger charge is -2.07. The number of rotatable bonds is 3. The van der Waals surface area contributed by atoms with Crippen LogP contribution in [-0.4, -0.2) is 41.9 Å². The predicted octanol–water partition coefficient (Wildman–Crippen LogP) is 0.955. The fourth-order valence-corrected chi connectivity index (χ4v) is 1.88. The maximum atomic E-state index is 11.3. The Morgan fingerprint density at radius 2 is 1.74 bits per heavy atom. The van der Waals surface area contributed by atoms with Gasteiger partial charge < -0.3 is 5.11 Å². The summed E-state index contributed by atoms with van der Waals surface area (Å²) in [5.41, 5.74) is 2.20. The monoisotopic (exact) mass is 256 g/mol. The Labute approximate surface area is 106 Å². The number of hydrogen-bond acceptors (Lipinski definition) is 5. The van der Waals surface area contributed by atoms with Crippen LogP contribution in [-0.2, 0) is 0 Å². The van der Waals surface area contributed by atoms with Crippen molar-refractivity contribution in [2.24, 2.45) is 0 Å². The molecule has 19 heavy (non-hydrogen) atoms. The number of carboxylic acids is 1. The molecule has 8 heteroatoms. The summed E-state index contributed by atoms with van der Waals surface area (Å²) in [7, 11) is 0. The van der Waals surface area contributed by atoms with Crippen LogP contribution in [0.2, 0.25) is 0 Å². The first-order valence-corrected chi connectivity index (χ1v) is 5.37. The highest BCUT2D eigenvalue weighted by Gasteiger charge is 2.19. The zero-order valence-electron chi connectivity index (χ0n) is 9.53. The number of carbonyl (C=O) groups is 1. The van der Waals surface area contributed by atoms with Gasteiger partial charge in [0.2, 0.25) is 0 Å². The number of aromatic amines is 2. The Kier molecular flexibility index (Phi) is 2.53. The molecule has 0 saturated carbocycles. The Hall–Kier alpha value is -3.03. The number of aromatic nitrogens is 6. The predicted molar refractivity (Wildman–Crippen MR) is 64.2 cm³/mol. The van der Waals surface area contributed by atoms with Crippen LogP contribution in [0.4, 0.5) is 0 Å². The Balaban J connectivity index is 2.31.